The highest BCUT2D eigenvalue weighted by atomic mass is 19.1. The minimum absolute atomic E-state index is 0.127. The molecule has 0 saturated carbocycles. The molecule has 4 rings (SSSR count). The van der Waals surface area contributed by atoms with E-state index in [2.05, 4.69) is 10.3 Å². The van der Waals surface area contributed by atoms with Crippen LogP contribution in [0.15, 0.2) is 47.5 Å². The molecule has 2 aromatic carbocycles. The highest BCUT2D eigenvalue weighted by Crippen LogP contribution is 2.32. The van der Waals surface area contributed by atoms with Gasteiger partial charge in [-0.1, -0.05) is 18.2 Å². The van der Waals surface area contributed by atoms with Gasteiger partial charge in [-0.15, -0.1) is 0 Å². The number of aliphatic imine (C=N–C) groups is 1. The third-order valence-electron chi connectivity index (χ3n) is 4.94. The van der Waals surface area contributed by atoms with Gasteiger partial charge in [0.25, 0.3) is 0 Å². The third-order valence-corrected chi connectivity index (χ3v) is 4.94. The topological polar surface area (TPSA) is 63.2 Å². The number of benzene rings is 2. The molecule has 28 heavy (non-hydrogen) atoms. The van der Waals surface area contributed by atoms with Crippen LogP contribution in [-0.4, -0.2) is 45.2 Å². The van der Waals surface area contributed by atoms with Crippen molar-refractivity contribution in [2.45, 2.75) is 18.6 Å². The van der Waals surface area contributed by atoms with E-state index >= 15 is 0 Å². The minimum Gasteiger partial charge on any atom is -0.372 e. The molecule has 2 aromatic rings. The van der Waals surface area contributed by atoms with Crippen molar-refractivity contribution in [1.82, 2.24) is 0 Å². The van der Waals surface area contributed by atoms with Crippen LogP contribution in [0.4, 0.5) is 21.5 Å². The Hall–Kier alpha value is -2.77. The lowest BCUT2D eigenvalue weighted by atomic mass is 10.0. The number of fused-ring (bicyclic) bond motifs is 1. The molecule has 1 N–H and O–H groups in total. The van der Waals surface area contributed by atoms with Gasteiger partial charge in [0.1, 0.15) is 11.7 Å². The lowest BCUT2D eigenvalue weighted by Crippen LogP contribution is -2.24. The molecule has 1 amide bonds. The Morgan fingerprint density at radius 1 is 1.25 bits per heavy atom. The molecule has 2 aliphatic rings. The highest BCUT2D eigenvalue weighted by Gasteiger charge is 2.28. The van der Waals surface area contributed by atoms with Crippen molar-refractivity contribution in [2.24, 2.45) is 4.99 Å². The maximum Gasteiger partial charge on any atom is 0.237 e. The number of hydrogen-bond donors (Lipinski definition) is 1. The smallest absolute Gasteiger partial charge is 0.237 e. The number of rotatable bonds is 6. The zero-order chi connectivity index (χ0) is 19.5. The minimum atomic E-state index is -0.465. The lowest BCUT2D eigenvalue weighted by molar-refractivity contribution is -0.115. The van der Waals surface area contributed by atoms with Gasteiger partial charge in [-0.25, -0.2) is 4.39 Å². The molecule has 1 unspecified atom stereocenters. The summed E-state index contributed by atoms with van der Waals surface area (Å²) >= 11 is 0. The number of hydrogen-bond acceptors (Lipinski definition) is 5. The molecular formula is C21H22FN3O3. The second kappa shape index (κ2) is 8.08. The van der Waals surface area contributed by atoms with E-state index in [1.54, 1.807) is 18.3 Å². The summed E-state index contributed by atoms with van der Waals surface area (Å²) in [6.07, 6.45) is 2.02. The normalized spacial score (nSPS) is 19.2. The average Bonchev–Trinajstić information content (AvgIpc) is 3.31. The molecule has 1 saturated heterocycles. The predicted octanol–water partition coefficient (Wildman–Crippen LogP) is 3.46. The Morgan fingerprint density at radius 3 is 2.82 bits per heavy atom. The van der Waals surface area contributed by atoms with Crippen molar-refractivity contribution < 1.29 is 18.7 Å². The maximum absolute atomic E-state index is 14.6. The van der Waals surface area contributed by atoms with Gasteiger partial charge in [0.2, 0.25) is 5.91 Å². The third kappa shape index (κ3) is 3.90. The molecule has 1 atom stereocenters. The van der Waals surface area contributed by atoms with Gasteiger partial charge >= 0.3 is 0 Å². The number of para-hydroxylation sites is 1. The Balaban J connectivity index is 1.43. The van der Waals surface area contributed by atoms with E-state index in [1.165, 1.54) is 6.07 Å². The van der Waals surface area contributed by atoms with E-state index in [1.807, 2.05) is 36.2 Å². The molecule has 1 fully saturated rings. The number of halogens is 1. The molecule has 2 aliphatic heterocycles. The lowest BCUT2D eigenvalue weighted by Gasteiger charge is -2.21. The molecular weight excluding hydrogens is 361 g/mol. The molecule has 0 bridgehead atoms. The van der Waals surface area contributed by atoms with Crippen LogP contribution in [-0.2, 0) is 14.3 Å². The van der Waals surface area contributed by atoms with Crippen molar-refractivity contribution in [2.75, 3.05) is 37.0 Å². The van der Waals surface area contributed by atoms with Gasteiger partial charge in [0.05, 0.1) is 24.6 Å². The maximum atomic E-state index is 14.6. The Morgan fingerprint density at radius 2 is 2.04 bits per heavy atom. The molecule has 146 valence electrons. The number of carbonyl (C=O) groups is 1. The standard InChI is InChI=1S/C21H22FN3O3/c1-25(9-8-20-27-10-11-28-20)19-7-6-14(12-17(19)22)23-13-16-15-4-2-3-5-18(15)24-21(16)26/h2-7,12-13,16,20H,8-11H2,1H3,(H,24,26). The van der Waals surface area contributed by atoms with E-state index in [4.69, 9.17) is 9.47 Å². The summed E-state index contributed by atoms with van der Waals surface area (Å²) in [5, 5.41) is 2.82. The van der Waals surface area contributed by atoms with E-state index in [0.717, 1.165) is 11.3 Å². The zero-order valence-electron chi connectivity index (χ0n) is 15.6. The van der Waals surface area contributed by atoms with Crippen molar-refractivity contribution in [3.63, 3.8) is 0 Å². The van der Waals surface area contributed by atoms with Crippen LogP contribution in [0.2, 0.25) is 0 Å². The van der Waals surface area contributed by atoms with Crippen LogP contribution in [0, 0.1) is 5.82 Å². The van der Waals surface area contributed by atoms with E-state index < -0.39 is 5.92 Å². The quantitative estimate of drug-likeness (QED) is 0.776. The van der Waals surface area contributed by atoms with E-state index in [-0.39, 0.29) is 18.0 Å². The first-order chi connectivity index (χ1) is 13.6. The number of nitrogens with one attached hydrogen (secondary N) is 1. The van der Waals surface area contributed by atoms with Crippen molar-refractivity contribution in [1.29, 1.82) is 0 Å². The zero-order valence-corrected chi connectivity index (χ0v) is 15.6. The average molecular weight is 383 g/mol. The molecule has 0 aliphatic carbocycles. The monoisotopic (exact) mass is 383 g/mol. The second-order valence-corrected chi connectivity index (χ2v) is 6.85. The van der Waals surface area contributed by atoms with E-state index in [0.29, 0.717) is 37.6 Å². The van der Waals surface area contributed by atoms with Crippen molar-refractivity contribution in [3.8, 4) is 0 Å². The molecule has 0 aromatic heterocycles. The number of carbonyl (C=O) groups excluding carboxylic acids is 1. The van der Waals surface area contributed by atoms with Crippen LogP contribution < -0.4 is 10.2 Å². The fraction of sp³-hybridized carbons (Fsp3) is 0.333. The van der Waals surface area contributed by atoms with Gasteiger partial charge in [0, 0.05) is 38.0 Å². The van der Waals surface area contributed by atoms with Crippen molar-refractivity contribution >= 4 is 29.2 Å². The Bertz CT molecular complexity index is 896. The number of ether oxygens (including phenoxy) is 2. The van der Waals surface area contributed by atoms with Crippen LogP contribution in [0.3, 0.4) is 0 Å². The summed E-state index contributed by atoms with van der Waals surface area (Å²) in [6.45, 7) is 1.83. The first kappa shape index (κ1) is 18.6. The number of nitrogens with zero attached hydrogens (tertiary/aromatic N) is 2. The summed E-state index contributed by atoms with van der Waals surface area (Å²) in [6, 6.07) is 12.3. The van der Waals surface area contributed by atoms with Crippen molar-refractivity contribution in [3.05, 3.63) is 53.8 Å². The summed E-state index contributed by atoms with van der Waals surface area (Å²) < 4.78 is 25.4. The Kier molecular flexibility index (Phi) is 5.36. The molecule has 2 heterocycles. The summed E-state index contributed by atoms with van der Waals surface area (Å²) in [7, 11) is 1.83. The first-order valence-electron chi connectivity index (χ1n) is 9.30. The molecule has 0 spiro atoms. The fourth-order valence-corrected chi connectivity index (χ4v) is 3.42. The number of anilines is 2. The summed E-state index contributed by atoms with van der Waals surface area (Å²) in [4.78, 5) is 18.3. The molecule has 7 heteroatoms. The summed E-state index contributed by atoms with van der Waals surface area (Å²) in [5.41, 5.74) is 2.63. The van der Waals surface area contributed by atoms with Crippen LogP contribution >= 0.6 is 0 Å². The van der Waals surface area contributed by atoms with Gasteiger partial charge in [-0.2, -0.15) is 0 Å². The number of amides is 1. The van der Waals surface area contributed by atoms with Gasteiger partial charge in [0.15, 0.2) is 6.29 Å². The largest absolute Gasteiger partial charge is 0.372 e. The van der Waals surface area contributed by atoms with Crippen LogP contribution in [0.5, 0.6) is 0 Å². The second-order valence-electron chi connectivity index (χ2n) is 6.85. The Labute approximate surface area is 163 Å². The predicted molar refractivity (Wildman–Crippen MR) is 106 cm³/mol. The fourth-order valence-electron chi connectivity index (χ4n) is 3.42. The first-order valence-corrected chi connectivity index (χ1v) is 9.30. The van der Waals surface area contributed by atoms with Gasteiger partial charge in [-0.3, -0.25) is 9.79 Å². The van der Waals surface area contributed by atoms with Gasteiger partial charge < -0.3 is 19.7 Å². The van der Waals surface area contributed by atoms with Crippen LogP contribution in [0.1, 0.15) is 17.9 Å². The summed E-state index contributed by atoms with van der Waals surface area (Å²) in [5.74, 6) is -0.951. The SMILES string of the molecule is CN(CCC1OCCO1)c1ccc(N=CC2C(=O)Nc3ccccc32)cc1F. The van der Waals surface area contributed by atoms with E-state index in [9.17, 15) is 9.18 Å². The highest BCUT2D eigenvalue weighted by molar-refractivity contribution is 6.12. The van der Waals surface area contributed by atoms with Gasteiger partial charge in [-0.05, 0) is 23.8 Å². The molecule has 0 radical (unpaired) electrons. The van der Waals surface area contributed by atoms with Crippen LogP contribution in [0.25, 0.3) is 0 Å². The molecule has 6 nitrogen and oxygen atoms in total.